The van der Waals surface area contributed by atoms with Crippen LogP contribution in [0.15, 0.2) is 48.5 Å². The third-order valence-electron chi connectivity index (χ3n) is 2.56. The quantitative estimate of drug-likeness (QED) is 0.604. The summed E-state index contributed by atoms with van der Waals surface area (Å²) in [4.78, 5) is 0. The van der Waals surface area contributed by atoms with Crippen LogP contribution in [0.4, 0.5) is 0 Å². The molecule has 0 nitrogen and oxygen atoms in total. The van der Waals surface area contributed by atoms with Crippen LogP contribution in [-0.4, -0.2) is 0 Å². The topological polar surface area (TPSA) is 0 Å². The molecule has 0 atom stereocenters. The summed E-state index contributed by atoms with van der Waals surface area (Å²) in [6, 6.07) is 16.2. The highest BCUT2D eigenvalue weighted by Crippen LogP contribution is 2.04. The van der Waals surface area contributed by atoms with Crippen LogP contribution in [0.2, 0.25) is 0 Å². The van der Waals surface area contributed by atoms with Crippen LogP contribution in [-0.2, 0) is 0 Å². The first-order chi connectivity index (χ1) is 8.78. The molecule has 0 saturated heterocycles. The molecule has 2 aromatic rings. The van der Waals surface area contributed by atoms with Crippen molar-refractivity contribution in [2.45, 2.75) is 13.8 Å². The first-order valence-electron chi connectivity index (χ1n) is 5.89. The van der Waals surface area contributed by atoms with Crippen molar-refractivity contribution >= 4 is 0 Å². The van der Waals surface area contributed by atoms with E-state index in [0.717, 1.165) is 16.7 Å². The van der Waals surface area contributed by atoms with Crippen molar-refractivity contribution in [2.75, 3.05) is 0 Å². The van der Waals surface area contributed by atoms with E-state index in [4.69, 9.17) is 0 Å². The molecular formula is C18H14. The zero-order chi connectivity index (χ0) is 12.8. The van der Waals surface area contributed by atoms with Gasteiger partial charge in [0.05, 0.1) is 0 Å². The summed E-state index contributed by atoms with van der Waals surface area (Å²) in [5.41, 5.74) is 4.33. The molecule has 86 valence electrons. The first-order valence-corrected chi connectivity index (χ1v) is 5.89. The van der Waals surface area contributed by atoms with Crippen molar-refractivity contribution in [2.24, 2.45) is 0 Å². The van der Waals surface area contributed by atoms with Gasteiger partial charge in [0.25, 0.3) is 0 Å². The van der Waals surface area contributed by atoms with Gasteiger partial charge in [-0.3, -0.25) is 0 Å². The minimum Gasteiger partial charge on any atom is -0.101 e. The van der Waals surface area contributed by atoms with Crippen molar-refractivity contribution in [3.05, 3.63) is 70.8 Å². The van der Waals surface area contributed by atoms with Gasteiger partial charge in [-0.05, 0) is 50.2 Å². The fourth-order valence-corrected chi connectivity index (χ4v) is 1.56. The summed E-state index contributed by atoms with van der Waals surface area (Å²) < 4.78 is 0. The van der Waals surface area contributed by atoms with Gasteiger partial charge in [0, 0.05) is 16.7 Å². The lowest BCUT2D eigenvalue weighted by molar-refractivity contribution is 1.46. The van der Waals surface area contributed by atoms with E-state index in [2.05, 4.69) is 42.7 Å². The molecule has 0 heterocycles. The molecule has 0 fully saturated rings. The summed E-state index contributed by atoms with van der Waals surface area (Å²) in [7, 11) is 0. The average molecular weight is 230 g/mol. The molecule has 0 unspecified atom stereocenters. The number of hydrogen-bond acceptors (Lipinski definition) is 0. The van der Waals surface area contributed by atoms with Gasteiger partial charge < -0.3 is 0 Å². The smallest absolute Gasteiger partial charge is 0.0249 e. The SMILES string of the molecule is CC#Cc1ccc(C#Cc2ccc(C)cc2)cc1. The lowest BCUT2D eigenvalue weighted by Crippen LogP contribution is -1.78. The zero-order valence-corrected chi connectivity index (χ0v) is 10.6. The van der Waals surface area contributed by atoms with Crippen molar-refractivity contribution < 1.29 is 0 Å². The summed E-state index contributed by atoms with van der Waals surface area (Å²) in [6.07, 6.45) is 0. The molecule has 0 amide bonds. The van der Waals surface area contributed by atoms with E-state index in [1.807, 2.05) is 43.3 Å². The van der Waals surface area contributed by atoms with Crippen molar-refractivity contribution in [1.29, 1.82) is 0 Å². The maximum atomic E-state index is 3.15. The van der Waals surface area contributed by atoms with Gasteiger partial charge >= 0.3 is 0 Å². The number of hydrogen-bond donors (Lipinski definition) is 0. The monoisotopic (exact) mass is 230 g/mol. The van der Waals surface area contributed by atoms with E-state index < -0.39 is 0 Å². The Morgan fingerprint density at radius 1 is 0.611 bits per heavy atom. The molecular weight excluding hydrogens is 216 g/mol. The third kappa shape index (κ3) is 3.27. The summed E-state index contributed by atoms with van der Waals surface area (Å²) in [6.45, 7) is 3.91. The van der Waals surface area contributed by atoms with Crippen molar-refractivity contribution in [3.8, 4) is 23.7 Å². The third-order valence-corrected chi connectivity index (χ3v) is 2.56. The fraction of sp³-hybridized carbons (Fsp3) is 0.111. The molecule has 0 aliphatic rings. The lowest BCUT2D eigenvalue weighted by atomic mass is 10.1. The van der Waals surface area contributed by atoms with Crippen LogP contribution in [0, 0.1) is 30.6 Å². The summed E-state index contributed by atoms with van der Waals surface area (Å²) in [5.74, 6) is 12.2. The molecule has 0 saturated carbocycles. The molecule has 0 aliphatic heterocycles. The van der Waals surface area contributed by atoms with E-state index in [9.17, 15) is 0 Å². The predicted octanol–water partition coefficient (Wildman–Crippen LogP) is 3.77. The molecule has 0 heteroatoms. The van der Waals surface area contributed by atoms with Crippen molar-refractivity contribution in [1.82, 2.24) is 0 Å². The van der Waals surface area contributed by atoms with E-state index in [1.165, 1.54) is 5.56 Å². The van der Waals surface area contributed by atoms with Gasteiger partial charge in [-0.2, -0.15) is 0 Å². The second kappa shape index (κ2) is 5.76. The maximum Gasteiger partial charge on any atom is 0.0249 e. The molecule has 0 radical (unpaired) electrons. The molecule has 0 spiro atoms. The second-order valence-electron chi connectivity index (χ2n) is 4.07. The number of aryl methyl sites for hydroxylation is 1. The maximum absolute atomic E-state index is 3.15. The number of benzene rings is 2. The van der Waals surface area contributed by atoms with E-state index in [1.54, 1.807) is 0 Å². The van der Waals surface area contributed by atoms with Gasteiger partial charge in [0.15, 0.2) is 0 Å². The van der Waals surface area contributed by atoms with Gasteiger partial charge in [0.1, 0.15) is 0 Å². The molecule has 2 aromatic carbocycles. The van der Waals surface area contributed by atoms with Crippen molar-refractivity contribution in [3.63, 3.8) is 0 Å². The van der Waals surface area contributed by atoms with Crippen LogP contribution < -0.4 is 0 Å². The Morgan fingerprint density at radius 2 is 1.00 bits per heavy atom. The molecule has 0 aliphatic carbocycles. The average Bonchev–Trinajstić information content (AvgIpc) is 2.40. The van der Waals surface area contributed by atoms with Gasteiger partial charge in [-0.15, -0.1) is 5.92 Å². The van der Waals surface area contributed by atoms with Crippen LogP contribution in [0.3, 0.4) is 0 Å². The van der Waals surface area contributed by atoms with E-state index >= 15 is 0 Å². The Balaban J connectivity index is 2.18. The Kier molecular flexibility index (Phi) is 3.85. The van der Waals surface area contributed by atoms with Gasteiger partial charge in [0.2, 0.25) is 0 Å². The molecule has 0 bridgehead atoms. The molecule has 18 heavy (non-hydrogen) atoms. The molecule has 0 aromatic heterocycles. The Hall–Kier alpha value is -2.44. The summed E-state index contributed by atoms with van der Waals surface area (Å²) >= 11 is 0. The minimum absolute atomic E-state index is 1.01. The highest BCUT2D eigenvalue weighted by molar-refractivity contribution is 5.45. The Labute approximate surface area is 109 Å². The van der Waals surface area contributed by atoms with Crippen LogP contribution in [0.1, 0.15) is 29.2 Å². The highest BCUT2D eigenvalue weighted by Gasteiger charge is 1.89. The van der Waals surface area contributed by atoms with E-state index in [-0.39, 0.29) is 0 Å². The zero-order valence-electron chi connectivity index (χ0n) is 10.6. The molecule has 0 N–H and O–H groups in total. The van der Waals surface area contributed by atoms with Crippen LogP contribution in [0.25, 0.3) is 0 Å². The van der Waals surface area contributed by atoms with Crippen LogP contribution in [0.5, 0.6) is 0 Å². The second-order valence-corrected chi connectivity index (χ2v) is 4.07. The first kappa shape index (κ1) is 12.0. The minimum atomic E-state index is 1.01. The predicted molar refractivity (Wildman–Crippen MR) is 76.2 cm³/mol. The fourth-order valence-electron chi connectivity index (χ4n) is 1.56. The largest absolute Gasteiger partial charge is 0.101 e. The van der Waals surface area contributed by atoms with E-state index in [0.29, 0.717) is 0 Å². The summed E-state index contributed by atoms with van der Waals surface area (Å²) in [5, 5.41) is 0. The van der Waals surface area contributed by atoms with Crippen LogP contribution >= 0.6 is 0 Å². The Morgan fingerprint density at radius 3 is 1.44 bits per heavy atom. The normalized spacial score (nSPS) is 8.78. The lowest BCUT2D eigenvalue weighted by Gasteiger charge is -1.93. The van der Waals surface area contributed by atoms with Gasteiger partial charge in [-0.1, -0.05) is 35.5 Å². The highest BCUT2D eigenvalue weighted by atomic mass is 13.9. The molecule has 2 rings (SSSR count). The number of rotatable bonds is 0. The standard InChI is InChI=1S/C18H14/c1-3-4-16-9-11-18(12-10-16)14-13-17-7-5-15(2)6-8-17/h5-12H,1-2H3. The van der Waals surface area contributed by atoms with Gasteiger partial charge in [-0.25, -0.2) is 0 Å². The Bertz CT molecular complexity index is 636.